The van der Waals surface area contributed by atoms with Gasteiger partial charge in [-0.15, -0.1) is 0 Å². The zero-order chi connectivity index (χ0) is 39.1. The average Bonchev–Trinajstić information content (AvgIpc) is 3.29. The van der Waals surface area contributed by atoms with Crippen molar-refractivity contribution in [2.24, 2.45) is 0 Å². The first-order valence-electron chi connectivity index (χ1n) is 19.7. The first-order valence-corrected chi connectivity index (χ1v) is 19.7. The van der Waals surface area contributed by atoms with Crippen molar-refractivity contribution in [1.29, 1.82) is 0 Å². The largest absolute Gasteiger partial charge is 0.482 e. The smallest absolute Gasteiger partial charge is 0.164 e. The van der Waals surface area contributed by atoms with E-state index in [-0.39, 0.29) is 0 Å². The molecule has 10 rings (SSSR count). The molecule has 0 saturated carbocycles. The molecule has 0 aliphatic carbocycles. The van der Waals surface area contributed by atoms with E-state index in [1.54, 1.807) is 0 Å². The third kappa shape index (κ3) is 6.75. The first-order chi connectivity index (χ1) is 28.4. The summed E-state index contributed by atoms with van der Waals surface area (Å²) in [7, 11) is 0. The molecule has 276 valence electrons. The zero-order valence-corrected chi connectivity index (χ0v) is 32.3. The number of fused-ring (bicyclic) bond motifs is 3. The molecule has 0 bridgehead atoms. The fourth-order valence-electron chi connectivity index (χ4n) is 8.01. The minimum atomic E-state index is -0.459. The van der Waals surface area contributed by atoms with Crippen molar-refractivity contribution in [1.82, 2.24) is 15.0 Å². The molecule has 0 amide bonds. The molecule has 8 aromatic carbocycles. The van der Waals surface area contributed by atoms with E-state index in [0.29, 0.717) is 17.5 Å². The standard InChI is InChI=1S/C54H39N3O/c1-54(2)49-26-16-15-25-47(49)48-35-40(27-28-50(48)58-54)51-55-52(45-31-41(36-17-7-3-8-18-36)29-42(32-45)37-19-9-4-10-20-37)57-53(56-51)46-33-43(38-21-11-5-12-22-38)30-44(34-46)39-23-13-6-14-24-39/h3-35H,1-2H3. The van der Waals surface area contributed by atoms with Gasteiger partial charge in [0, 0.05) is 27.8 Å². The van der Waals surface area contributed by atoms with E-state index < -0.39 is 5.60 Å². The van der Waals surface area contributed by atoms with Crippen LogP contribution in [0.25, 0.3) is 89.8 Å². The predicted molar refractivity (Wildman–Crippen MR) is 237 cm³/mol. The summed E-state index contributed by atoms with van der Waals surface area (Å²) in [5, 5.41) is 0. The molecular weight excluding hydrogens is 707 g/mol. The number of nitrogens with zero attached hydrogens (tertiary/aromatic N) is 3. The lowest BCUT2D eigenvalue weighted by molar-refractivity contribution is 0.106. The Kier molecular flexibility index (Phi) is 8.80. The van der Waals surface area contributed by atoms with Crippen LogP contribution in [0.2, 0.25) is 0 Å². The molecule has 58 heavy (non-hydrogen) atoms. The number of hydrogen-bond donors (Lipinski definition) is 0. The van der Waals surface area contributed by atoms with Crippen LogP contribution in [0.15, 0.2) is 200 Å². The summed E-state index contributed by atoms with van der Waals surface area (Å²) in [5.41, 5.74) is 14.4. The molecule has 0 spiro atoms. The zero-order valence-electron chi connectivity index (χ0n) is 32.3. The highest BCUT2D eigenvalue weighted by atomic mass is 16.5. The first kappa shape index (κ1) is 35.0. The molecule has 1 aliphatic heterocycles. The van der Waals surface area contributed by atoms with Crippen LogP contribution in [0.4, 0.5) is 0 Å². The SMILES string of the molecule is CC1(C)Oc2ccc(-c3nc(-c4cc(-c5ccccc5)cc(-c5ccccc5)c4)nc(-c4cc(-c5ccccc5)cc(-c5ccccc5)c4)n3)cc2-c2ccccc21. The molecule has 0 N–H and O–H groups in total. The van der Waals surface area contributed by atoms with Gasteiger partial charge < -0.3 is 4.74 Å². The van der Waals surface area contributed by atoms with E-state index in [0.717, 1.165) is 83.6 Å². The van der Waals surface area contributed by atoms with Crippen LogP contribution in [-0.4, -0.2) is 15.0 Å². The number of aromatic nitrogens is 3. The molecule has 1 aliphatic rings. The summed E-state index contributed by atoms with van der Waals surface area (Å²) in [6, 6.07) is 70.0. The maximum absolute atomic E-state index is 6.59. The number of hydrogen-bond acceptors (Lipinski definition) is 4. The summed E-state index contributed by atoms with van der Waals surface area (Å²) in [5.74, 6) is 2.62. The van der Waals surface area contributed by atoms with Crippen molar-refractivity contribution in [3.8, 4) is 95.5 Å². The van der Waals surface area contributed by atoms with E-state index in [1.807, 2.05) is 24.3 Å². The Morgan fingerprint density at radius 1 is 0.310 bits per heavy atom. The predicted octanol–water partition coefficient (Wildman–Crippen LogP) is 13.8. The quantitative estimate of drug-likeness (QED) is 0.163. The van der Waals surface area contributed by atoms with Crippen molar-refractivity contribution < 1.29 is 4.74 Å². The van der Waals surface area contributed by atoms with Crippen molar-refractivity contribution in [2.45, 2.75) is 19.4 Å². The summed E-state index contributed by atoms with van der Waals surface area (Å²) in [4.78, 5) is 15.9. The van der Waals surface area contributed by atoms with Gasteiger partial charge in [0.1, 0.15) is 11.4 Å². The fraction of sp³-hybridized carbons (Fsp3) is 0.0556. The number of benzene rings is 8. The molecule has 4 heteroatoms. The molecular formula is C54H39N3O. The second-order valence-electron chi connectivity index (χ2n) is 15.2. The van der Waals surface area contributed by atoms with Crippen LogP contribution in [0.3, 0.4) is 0 Å². The lowest BCUT2D eigenvalue weighted by Gasteiger charge is -2.35. The van der Waals surface area contributed by atoms with Gasteiger partial charge in [-0.25, -0.2) is 15.0 Å². The minimum Gasteiger partial charge on any atom is -0.482 e. The molecule has 0 atom stereocenters. The van der Waals surface area contributed by atoms with Gasteiger partial charge in [-0.1, -0.05) is 146 Å². The topological polar surface area (TPSA) is 47.9 Å². The minimum absolute atomic E-state index is 0.459. The maximum Gasteiger partial charge on any atom is 0.164 e. The second kappa shape index (κ2) is 14.6. The van der Waals surface area contributed by atoms with Gasteiger partial charge in [-0.2, -0.15) is 0 Å². The molecule has 9 aromatic rings. The van der Waals surface area contributed by atoms with Crippen molar-refractivity contribution in [2.75, 3.05) is 0 Å². The van der Waals surface area contributed by atoms with E-state index in [2.05, 4.69) is 190 Å². The van der Waals surface area contributed by atoms with E-state index in [4.69, 9.17) is 19.7 Å². The van der Waals surface area contributed by atoms with Gasteiger partial charge in [0.25, 0.3) is 0 Å². The molecule has 4 nitrogen and oxygen atoms in total. The molecule has 0 radical (unpaired) electrons. The number of ether oxygens (including phenoxy) is 1. The van der Waals surface area contributed by atoms with Crippen LogP contribution < -0.4 is 4.74 Å². The van der Waals surface area contributed by atoms with Crippen molar-refractivity contribution in [3.05, 3.63) is 206 Å². The van der Waals surface area contributed by atoms with E-state index in [1.165, 1.54) is 0 Å². The highest BCUT2D eigenvalue weighted by molar-refractivity contribution is 5.84. The van der Waals surface area contributed by atoms with Gasteiger partial charge in [0.2, 0.25) is 0 Å². The summed E-state index contributed by atoms with van der Waals surface area (Å²) in [6.45, 7) is 4.24. The summed E-state index contributed by atoms with van der Waals surface area (Å²) < 4.78 is 6.59. The Bertz CT molecular complexity index is 2670. The third-order valence-electron chi connectivity index (χ3n) is 10.9. The van der Waals surface area contributed by atoms with Gasteiger partial charge in [0.05, 0.1) is 0 Å². The summed E-state index contributed by atoms with van der Waals surface area (Å²) in [6.07, 6.45) is 0. The fourth-order valence-corrected chi connectivity index (χ4v) is 8.01. The van der Waals surface area contributed by atoms with Crippen LogP contribution in [0.5, 0.6) is 5.75 Å². The maximum atomic E-state index is 6.59. The van der Waals surface area contributed by atoms with Crippen molar-refractivity contribution in [3.63, 3.8) is 0 Å². The normalized spacial score (nSPS) is 12.6. The highest BCUT2D eigenvalue weighted by Gasteiger charge is 2.32. The Balaban J connectivity index is 1.21. The lowest BCUT2D eigenvalue weighted by atomic mass is 9.86. The molecule has 0 unspecified atom stereocenters. The van der Waals surface area contributed by atoms with Crippen molar-refractivity contribution >= 4 is 0 Å². The molecule has 2 heterocycles. The Labute approximate surface area is 339 Å². The molecule has 0 saturated heterocycles. The van der Waals surface area contributed by atoms with Crippen LogP contribution in [-0.2, 0) is 5.60 Å². The van der Waals surface area contributed by atoms with E-state index >= 15 is 0 Å². The van der Waals surface area contributed by atoms with E-state index in [9.17, 15) is 0 Å². The van der Waals surface area contributed by atoms with Gasteiger partial charge in [-0.05, 0) is 119 Å². The second-order valence-corrected chi connectivity index (χ2v) is 15.2. The average molecular weight is 746 g/mol. The van der Waals surface area contributed by atoms with Crippen LogP contribution in [0, 0.1) is 0 Å². The number of rotatable bonds is 7. The lowest BCUT2D eigenvalue weighted by Crippen LogP contribution is -2.29. The van der Waals surface area contributed by atoms with Gasteiger partial charge in [0.15, 0.2) is 17.5 Å². The van der Waals surface area contributed by atoms with Gasteiger partial charge >= 0.3 is 0 Å². The third-order valence-corrected chi connectivity index (χ3v) is 10.9. The molecule has 1 aromatic heterocycles. The summed E-state index contributed by atoms with van der Waals surface area (Å²) >= 11 is 0. The highest BCUT2D eigenvalue weighted by Crippen LogP contribution is 2.46. The Morgan fingerprint density at radius 3 is 1.10 bits per heavy atom. The monoisotopic (exact) mass is 745 g/mol. The Hall–Kier alpha value is -7.43. The van der Waals surface area contributed by atoms with Crippen LogP contribution >= 0.6 is 0 Å². The van der Waals surface area contributed by atoms with Crippen LogP contribution in [0.1, 0.15) is 19.4 Å². The van der Waals surface area contributed by atoms with Gasteiger partial charge in [-0.3, -0.25) is 0 Å². The molecule has 0 fully saturated rings. The Morgan fingerprint density at radius 2 is 0.672 bits per heavy atom.